The predicted molar refractivity (Wildman–Crippen MR) is 71.5 cm³/mol. The lowest BCUT2D eigenvalue weighted by Gasteiger charge is -2.10. The van der Waals surface area contributed by atoms with Crippen LogP contribution >= 0.6 is 15.9 Å². The van der Waals surface area contributed by atoms with Crippen LogP contribution in [0.2, 0.25) is 0 Å². The third kappa shape index (κ3) is 4.27. The predicted octanol–water partition coefficient (Wildman–Crippen LogP) is 2.82. The van der Waals surface area contributed by atoms with Crippen LogP contribution in [0.5, 0.6) is 0 Å². The van der Waals surface area contributed by atoms with Gasteiger partial charge in [0, 0.05) is 12.2 Å². The summed E-state index contributed by atoms with van der Waals surface area (Å²) in [5, 5.41) is 2.58. The number of hydrogen-bond donors (Lipinski definition) is 1. The topological polar surface area (TPSA) is 46.2 Å². The van der Waals surface area contributed by atoms with Crippen LogP contribution in [-0.4, -0.2) is 26.0 Å². The van der Waals surface area contributed by atoms with Gasteiger partial charge in [-0.15, -0.1) is 0 Å². The Hall–Kier alpha value is -0.620. The second kappa shape index (κ2) is 5.82. The summed E-state index contributed by atoms with van der Waals surface area (Å²) in [5.41, 5.74) is 0.692. The van der Waals surface area contributed by atoms with E-state index in [1.807, 2.05) is 0 Å². The number of hydrogen-bond acceptors (Lipinski definition) is 3. The van der Waals surface area contributed by atoms with E-state index in [1.165, 1.54) is 6.07 Å². The Labute approximate surface area is 109 Å². The fourth-order valence-corrected chi connectivity index (χ4v) is 2.42. The Kier molecular flexibility index (Phi) is 4.94. The second-order valence-corrected chi connectivity index (χ2v) is 7.50. The maximum absolute atomic E-state index is 12.9. The molecule has 0 saturated carbocycles. The summed E-state index contributed by atoms with van der Waals surface area (Å²) in [6, 6.07) is 4.47. The van der Waals surface area contributed by atoms with Crippen molar-refractivity contribution in [3.63, 3.8) is 0 Å². The maximum atomic E-state index is 12.9. The average molecular weight is 324 g/mol. The highest BCUT2D eigenvalue weighted by Crippen LogP contribution is 2.19. The van der Waals surface area contributed by atoms with E-state index in [1.54, 1.807) is 26.0 Å². The van der Waals surface area contributed by atoms with Gasteiger partial charge >= 0.3 is 0 Å². The van der Waals surface area contributed by atoms with Crippen LogP contribution in [0, 0.1) is 5.82 Å². The zero-order valence-corrected chi connectivity index (χ0v) is 12.1. The summed E-state index contributed by atoms with van der Waals surface area (Å²) in [6.45, 7) is 3.63. The standard InChI is InChI=1S/C11H15BrFNO2S/c1-8(2)17(15,16)6-5-14-9-3-4-11(13)10(12)7-9/h3-4,7-8,14H,5-6H2,1-2H3. The summed E-state index contributed by atoms with van der Waals surface area (Å²) in [7, 11) is -3.03. The number of anilines is 1. The monoisotopic (exact) mass is 323 g/mol. The average Bonchev–Trinajstić information content (AvgIpc) is 2.23. The van der Waals surface area contributed by atoms with Gasteiger partial charge in [0.1, 0.15) is 5.82 Å². The van der Waals surface area contributed by atoms with Crippen molar-refractivity contribution in [2.75, 3.05) is 17.6 Å². The molecule has 3 nitrogen and oxygen atoms in total. The summed E-state index contributed by atoms with van der Waals surface area (Å²) in [5.74, 6) is -0.273. The van der Waals surface area contributed by atoms with Crippen LogP contribution in [-0.2, 0) is 9.84 Å². The molecule has 0 aromatic heterocycles. The van der Waals surface area contributed by atoms with E-state index in [0.717, 1.165) is 0 Å². The van der Waals surface area contributed by atoms with Crippen molar-refractivity contribution in [1.82, 2.24) is 0 Å². The molecule has 0 amide bonds. The van der Waals surface area contributed by atoms with Crippen molar-refractivity contribution in [1.29, 1.82) is 0 Å². The molecule has 0 fully saturated rings. The highest BCUT2D eigenvalue weighted by Gasteiger charge is 2.15. The molecule has 0 saturated heterocycles. The van der Waals surface area contributed by atoms with E-state index in [-0.39, 0.29) is 16.8 Å². The quantitative estimate of drug-likeness (QED) is 0.906. The molecule has 1 N–H and O–H groups in total. The van der Waals surface area contributed by atoms with Gasteiger partial charge in [-0.05, 0) is 48.0 Å². The van der Waals surface area contributed by atoms with Crippen LogP contribution in [0.3, 0.4) is 0 Å². The molecule has 17 heavy (non-hydrogen) atoms. The molecule has 6 heteroatoms. The largest absolute Gasteiger partial charge is 0.384 e. The minimum Gasteiger partial charge on any atom is -0.384 e. The van der Waals surface area contributed by atoms with E-state index in [4.69, 9.17) is 0 Å². The van der Waals surface area contributed by atoms with Crippen LogP contribution in [0.25, 0.3) is 0 Å². The van der Waals surface area contributed by atoms with Gasteiger partial charge in [-0.1, -0.05) is 0 Å². The Balaban J connectivity index is 2.55. The molecule has 0 aliphatic carbocycles. The lowest BCUT2D eigenvalue weighted by Crippen LogP contribution is -2.22. The summed E-state index contributed by atoms with van der Waals surface area (Å²) in [4.78, 5) is 0. The number of sulfone groups is 1. The SMILES string of the molecule is CC(C)S(=O)(=O)CCNc1ccc(F)c(Br)c1. The molecule has 1 rings (SSSR count). The van der Waals surface area contributed by atoms with E-state index in [2.05, 4.69) is 21.2 Å². The van der Waals surface area contributed by atoms with E-state index in [0.29, 0.717) is 16.7 Å². The summed E-state index contributed by atoms with van der Waals surface area (Å²) in [6.07, 6.45) is 0. The van der Waals surface area contributed by atoms with Gasteiger partial charge in [-0.3, -0.25) is 0 Å². The highest BCUT2D eigenvalue weighted by molar-refractivity contribution is 9.10. The fraction of sp³-hybridized carbons (Fsp3) is 0.455. The third-order valence-corrected chi connectivity index (χ3v) is 5.17. The minimum atomic E-state index is -3.03. The van der Waals surface area contributed by atoms with E-state index in [9.17, 15) is 12.8 Å². The van der Waals surface area contributed by atoms with Gasteiger partial charge < -0.3 is 5.32 Å². The number of rotatable bonds is 5. The Morgan fingerprint density at radius 2 is 2.06 bits per heavy atom. The van der Waals surface area contributed by atoms with Gasteiger partial charge in [0.05, 0.1) is 15.5 Å². The van der Waals surface area contributed by atoms with Gasteiger partial charge in [0.2, 0.25) is 0 Å². The molecular weight excluding hydrogens is 309 g/mol. The van der Waals surface area contributed by atoms with Crippen molar-refractivity contribution in [3.8, 4) is 0 Å². The van der Waals surface area contributed by atoms with Crippen LogP contribution in [0.15, 0.2) is 22.7 Å². The van der Waals surface area contributed by atoms with Gasteiger partial charge in [-0.25, -0.2) is 12.8 Å². The smallest absolute Gasteiger partial charge is 0.154 e. The molecule has 0 aliphatic heterocycles. The first-order valence-electron chi connectivity index (χ1n) is 5.23. The van der Waals surface area contributed by atoms with Crippen molar-refractivity contribution >= 4 is 31.5 Å². The van der Waals surface area contributed by atoms with E-state index >= 15 is 0 Å². The third-order valence-electron chi connectivity index (χ3n) is 2.35. The molecule has 0 radical (unpaired) electrons. The first kappa shape index (κ1) is 14.4. The highest BCUT2D eigenvalue weighted by atomic mass is 79.9. The normalized spacial score (nSPS) is 11.8. The first-order chi connectivity index (χ1) is 7.83. The lowest BCUT2D eigenvalue weighted by molar-refractivity contribution is 0.587. The van der Waals surface area contributed by atoms with Gasteiger partial charge in [0.25, 0.3) is 0 Å². The molecule has 0 aliphatic rings. The number of nitrogens with one attached hydrogen (secondary N) is 1. The Morgan fingerprint density at radius 1 is 1.41 bits per heavy atom. The van der Waals surface area contributed by atoms with Crippen LogP contribution in [0.4, 0.5) is 10.1 Å². The van der Waals surface area contributed by atoms with Crippen molar-refractivity contribution in [2.45, 2.75) is 19.1 Å². The van der Waals surface area contributed by atoms with Crippen molar-refractivity contribution < 1.29 is 12.8 Å². The summed E-state index contributed by atoms with van der Waals surface area (Å²) >= 11 is 3.07. The Morgan fingerprint density at radius 3 is 2.59 bits per heavy atom. The number of halogens is 2. The Bertz CT molecular complexity index is 488. The molecule has 1 aromatic rings. The fourth-order valence-electron chi connectivity index (χ4n) is 1.18. The van der Waals surface area contributed by atoms with Crippen LogP contribution in [0.1, 0.15) is 13.8 Å². The van der Waals surface area contributed by atoms with Crippen LogP contribution < -0.4 is 5.32 Å². The maximum Gasteiger partial charge on any atom is 0.154 e. The van der Waals surface area contributed by atoms with Crippen molar-refractivity contribution in [2.24, 2.45) is 0 Å². The molecular formula is C11H15BrFNO2S. The van der Waals surface area contributed by atoms with Crippen molar-refractivity contribution in [3.05, 3.63) is 28.5 Å². The minimum absolute atomic E-state index is 0.0691. The van der Waals surface area contributed by atoms with Gasteiger partial charge in [0.15, 0.2) is 9.84 Å². The number of benzene rings is 1. The molecule has 0 heterocycles. The summed E-state index contributed by atoms with van der Waals surface area (Å²) < 4.78 is 36.4. The molecule has 0 spiro atoms. The molecule has 1 aromatic carbocycles. The zero-order chi connectivity index (χ0) is 13.1. The molecule has 0 bridgehead atoms. The van der Waals surface area contributed by atoms with E-state index < -0.39 is 9.84 Å². The molecule has 0 atom stereocenters. The molecule has 0 unspecified atom stereocenters. The lowest BCUT2D eigenvalue weighted by atomic mass is 10.3. The molecule has 96 valence electrons. The second-order valence-electron chi connectivity index (χ2n) is 3.97. The first-order valence-corrected chi connectivity index (χ1v) is 7.74. The van der Waals surface area contributed by atoms with Gasteiger partial charge in [-0.2, -0.15) is 0 Å². The zero-order valence-electron chi connectivity index (χ0n) is 9.70.